The van der Waals surface area contributed by atoms with Crippen LogP contribution in [-0.4, -0.2) is 68.5 Å². The molecule has 1 amide bonds. The minimum atomic E-state index is -4.57. The fourth-order valence-corrected chi connectivity index (χ4v) is 7.61. The van der Waals surface area contributed by atoms with Gasteiger partial charge < -0.3 is 28.8 Å². The summed E-state index contributed by atoms with van der Waals surface area (Å²) in [7, 11) is 1.30. The fraction of sp³-hybridized carbons (Fsp3) is 0.784. The van der Waals surface area contributed by atoms with Crippen LogP contribution in [0, 0.1) is 0 Å². The maximum atomic E-state index is 12.9. The van der Waals surface area contributed by atoms with E-state index in [2.05, 4.69) is 79.9 Å². The highest BCUT2D eigenvalue weighted by molar-refractivity contribution is 7.45. The van der Waals surface area contributed by atoms with Gasteiger partial charge in [-0.15, -0.1) is 0 Å². The molecule has 0 rings (SSSR count). The van der Waals surface area contributed by atoms with Gasteiger partial charge in [0.2, 0.25) is 5.91 Å². The Kier molecular flexibility index (Phi) is 41.2. The van der Waals surface area contributed by atoms with Gasteiger partial charge >= 0.3 is 0 Å². The Morgan fingerprint density at radius 1 is 0.600 bits per heavy atom. The van der Waals surface area contributed by atoms with Crippen LogP contribution in [0.5, 0.6) is 0 Å². The lowest BCUT2D eigenvalue weighted by atomic mass is 10.0. The molecule has 0 aliphatic heterocycles. The van der Waals surface area contributed by atoms with Gasteiger partial charge in [-0.25, -0.2) is 0 Å². The number of phosphoric acid groups is 1. The van der Waals surface area contributed by atoms with Gasteiger partial charge in [-0.05, 0) is 57.8 Å². The molecule has 0 fully saturated rings. The summed E-state index contributed by atoms with van der Waals surface area (Å²) in [5, 5.41) is 13.9. The lowest BCUT2D eigenvalue weighted by Gasteiger charge is -2.30. The van der Waals surface area contributed by atoms with Crippen molar-refractivity contribution in [3.63, 3.8) is 0 Å². The van der Waals surface area contributed by atoms with Crippen molar-refractivity contribution in [3.05, 3.63) is 60.8 Å². The number of phosphoric ester groups is 1. The van der Waals surface area contributed by atoms with Gasteiger partial charge in [0.15, 0.2) is 0 Å². The molecule has 9 heteroatoms. The summed E-state index contributed by atoms with van der Waals surface area (Å²) in [4.78, 5) is 25.4. The number of likely N-dealkylation sites (N-methyl/N-ethyl adjacent to an activating group) is 1. The van der Waals surface area contributed by atoms with E-state index in [-0.39, 0.29) is 19.1 Å². The molecule has 3 unspecified atom stereocenters. The van der Waals surface area contributed by atoms with E-state index >= 15 is 0 Å². The number of rotatable bonds is 44. The molecule has 0 heterocycles. The van der Waals surface area contributed by atoms with E-state index in [4.69, 9.17) is 9.05 Å². The topological polar surface area (TPSA) is 108 Å². The van der Waals surface area contributed by atoms with E-state index < -0.39 is 20.0 Å². The molecule has 0 spiro atoms. The maximum absolute atomic E-state index is 12.9. The maximum Gasteiger partial charge on any atom is 0.268 e. The van der Waals surface area contributed by atoms with E-state index in [0.29, 0.717) is 23.9 Å². The highest BCUT2D eigenvalue weighted by Crippen LogP contribution is 2.38. The van der Waals surface area contributed by atoms with Crippen LogP contribution < -0.4 is 10.2 Å². The number of allylic oxidation sites excluding steroid dienone is 10. The fourth-order valence-electron chi connectivity index (χ4n) is 6.89. The van der Waals surface area contributed by atoms with E-state index in [1.54, 1.807) is 0 Å². The molecule has 0 bridgehead atoms. The number of quaternary nitrogens is 1. The number of carbonyl (C=O) groups is 1. The van der Waals surface area contributed by atoms with E-state index in [1.165, 1.54) is 109 Å². The number of unbranched alkanes of at least 4 members (excludes halogenated alkanes) is 21. The lowest BCUT2D eigenvalue weighted by molar-refractivity contribution is -0.870. The molecule has 0 saturated heterocycles. The zero-order valence-corrected chi connectivity index (χ0v) is 40.5. The minimum absolute atomic E-state index is 0.00950. The summed E-state index contributed by atoms with van der Waals surface area (Å²) in [5.41, 5.74) is 0. The molecule has 60 heavy (non-hydrogen) atoms. The van der Waals surface area contributed by atoms with Crippen LogP contribution in [0.3, 0.4) is 0 Å². The first-order valence-corrected chi connectivity index (χ1v) is 26.1. The molecular formula is C51H95N2O6P. The summed E-state index contributed by atoms with van der Waals surface area (Å²) in [5.74, 6) is -0.172. The molecule has 0 saturated carbocycles. The number of carbonyl (C=O) groups excluding carboxylic acids is 1. The molecule has 0 aromatic heterocycles. The van der Waals surface area contributed by atoms with Crippen LogP contribution in [0.4, 0.5) is 0 Å². The molecule has 0 aromatic rings. The SMILES string of the molecule is CC/C=C\C/C=C\C/C=C\C/C=C\C/C=C\CCCCCCCCCCCCCC(=O)NC(COP(=O)([O-])OCC[N+](C)(C)C)C(O)CCCCCCCCCCCCC. The minimum Gasteiger partial charge on any atom is -0.756 e. The number of amides is 1. The van der Waals surface area contributed by atoms with Crippen LogP contribution in [0.25, 0.3) is 0 Å². The molecule has 0 radical (unpaired) electrons. The Morgan fingerprint density at radius 2 is 1.02 bits per heavy atom. The number of nitrogens with zero attached hydrogens (tertiary/aromatic N) is 1. The quantitative estimate of drug-likeness (QED) is 0.0273. The first kappa shape index (κ1) is 58.2. The zero-order chi connectivity index (χ0) is 44.3. The third-order valence-electron chi connectivity index (χ3n) is 10.8. The number of aliphatic hydroxyl groups is 1. The van der Waals surface area contributed by atoms with Crippen molar-refractivity contribution in [3.8, 4) is 0 Å². The molecule has 2 N–H and O–H groups in total. The van der Waals surface area contributed by atoms with Gasteiger partial charge in [0.1, 0.15) is 13.2 Å². The van der Waals surface area contributed by atoms with Crippen LogP contribution in [0.1, 0.15) is 206 Å². The van der Waals surface area contributed by atoms with Crippen LogP contribution >= 0.6 is 7.82 Å². The van der Waals surface area contributed by atoms with E-state index in [1.807, 2.05) is 21.1 Å². The van der Waals surface area contributed by atoms with E-state index in [0.717, 1.165) is 70.6 Å². The predicted octanol–water partition coefficient (Wildman–Crippen LogP) is 13.6. The normalized spacial score (nSPS) is 14.7. The summed E-state index contributed by atoms with van der Waals surface area (Å²) in [6, 6.07) is -0.803. The van der Waals surface area contributed by atoms with Crippen molar-refractivity contribution in [1.29, 1.82) is 0 Å². The third kappa shape index (κ3) is 44.3. The van der Waals surface area contributed by atoms with Gasteiger partial charge in [0.25, 0.3) is 7.82 Å². The van der Waals surface area contributed by atoms with Gasteiger partial charge in [0.05, 0.1) is 39.9 Å². The number of hydrogen-bond donors (Lipinski definition) is 2. The highest BCUT2D eigenvalue weighted by atomic mass is 31.2. The summed E-state index contributed by atoms with van der Waals surface area (Å²) >= 11 is 0. The molecule has 0 aliphatic rings. The standard InChI is InChI=1S/C51H95N2O6P/c1-6-8-10-12-14-16-18-19-20-21-22-23-24-25-26-27-28-29-30-31-32-33-35-37-39-41-43-45-51(55)52-49(48-59-60(56,57)58-47-46-53(3,4)5)50(54)44-42-40-38-36-34-17-15-13-11-9-7-2/h8,10,14,16,19-20,22-23,25-26,49-50,54H,6-7,9,11-13,15,17-18,21,24,27-48H2,1-5H3,(H-,52,55,56,57)/b10-8-,16-14-,20-19-,23-22-,26-25-. The first-order valence-electron chi connectivity index (χ1n) is 24.6. The Labute approximate surface area is 371 Å². The summed E-state index contributed by atoms with van der Waals surface area (Å²) < 4.78 is 23.3. The molecule has 0 aromatic carbocycles. The second-order valence-electron chi connectivity index (χ2n) is 17.8. The van der Waals surface area contributed by atoms with Crippen molar-refractivity contribution in [2.24, 2.45) is 0 Å². The molecule has 350 valence electrons. The van der Waals surface area contributed by atoms with Gasteiger partial charge in [-0.3, -0.25) is 9.36 Å². The average Bonchev–Trinajstić information content (AvgIpc) is 3.20. The number of hydrogen-bond acceptors (Lipinski definition) is 6. The zero-order valence-electron chi connectivity index (χ0n) is 39.6. The van der Waals surface area contributed by atoms with Crippen molar-refractivity contribution in [2.75, 3.05) is 40.9 Å². The highest BCUT2D eigenvalue weighted by Gasteiger charge is 2.24. The molecule has 8 nitrogen and oxygen atoms in total. The van der Waals surface area contributed by atoms with Crippen LogP contribution in [-0.2, 0) is 18.4 Å². The lowest BCUT2D eigenvalue weighted by Crippen LogP contribution is -2.46. The van der Waals surface area contributed by atoms with Crippen molar-refractivity contribution in [2.45, 2.75) is 219 Å². The Hall–Kier alpha value is -1.80. The Bertz CT molecular complexity index is 1160. The van der Waals surface area contributed by atoms with Crippen molar-refractivity contribution >= 4 is 13.7 Å². The first-order chi connectivity index (χ1) is 29.0. The second-order valence-corrected chi connectivity index (χ2v) is 19.2. The summed E-state index contributed by atoms with van der Waals surface area (Å²) in [6.07, 6.45) is 55.2. The van der Waals surface area contributed by atoms with Crippen LogP contribution in [0.15, 0.2) is 60.8 Å². The molecular weight excluding hydrogens is 768 g/mol. The average molecular weight is 863 g/mol. The van der Waals surface area contributed by atoms with Crippen LogP contribution in [0.2, 0.25) is 0 Å². The van der Waals surface area contributed by atoms with Gasteiger partial charge in [-0.2, -0.15) is 0 Å². The monoisotopic (exact) mass is 863 g/mol. The number of nitrogens with one attached hydrogen (secondary N) is 1. The van der Waals surface area contributed by atoms with Gasteiger partial charge in [-0.1, -0.05) is 203 Å². The molecule has 0 aliphatic carbocycles. The number of aliphatic hydroxyl groups excluding tert-OH is 1. The van der Waals surface area contributed by atoms with E-state index in [9.17, 15) is 19.4 Å². The van der Waals surface area contributed by atoms with Crippen molar-refractivity contribution < 1.29 is 32.9 Å². The Morgan fingerprint density at radius 3 is 1.48 bits per heavy atom. The summed E-state index contributed by atoms with van der Waals surface area (Å²) in [6.45, 7) is 4.59. The van der Waals surface area contributed by atoms with Crippen molar-refractivity contribution in [1.82, 2.24) is 5.32 Å². The smallest absolute Gasteiger partial charge is 0.268 e. The Balaban J connectivity index is 4.16. The largest absolute Gasteiger partial charge is 0.756 e. The predicted molar refractivity (Wildman–Crippen MR) is 256 cm³/mol. The third-order valence-corrected chi connectivity index (χ3v) is 11.7. The second kappa shape index (κ2) is 42.5. The van der Waals surface area contributed by atoms with Gasteiger partial charge in [0, 0.05) is 6.42 Å². The molecule has 3 atom stereocenters.